The SMILES string of the molecule is NCC1(C(=O)Nc2ncnc(Cl)c2Cl)CCC1. The summed E-state index contributed by atoms with van der Waals surface area (Å²) in [6.45, 7) is 0.329. The third kappa shape index (κ3) is 2.22. The average molecular weight is 275 g/mol. The van der Waals surface area contributed by atoms with Gasteiger partial charge in [-0.05, 0) is 12.8 Å². The van der Waals surface area contributed by atoms with E-state index in [0.717, 1.165) is 19.3 Å². The van der Waals surface area contributed by atoms with Gasteiger partial charge >= 0.3 is 0 Å². The van der Waals surface area contributed by atoms with Gasteiger partial charge in [0.15, 0.2) is 11.0 Å². The Bertz CT molecular complexity index is 442. The van der Waals surface area contributed by atoms with Gasteiger partial charge in [-0.15, -0.1) is 0 Å². The van der Waals surface area contributed by atoms with Crippen LogP contribution in [-0.4, -0.2) is 22.4 Å². The number of hydrogen-bond donors (Lipinski definition) is 2. The molecule has 1 aromatic heterocycles. The maximum absolute atomic E-state index is 12.1. The van der Waals surface area contributed by atoms with E-state index >= 15 is 0 Å². The van der Waals surface area contributed by atoms with E-state index in [2.05, 4.69) is 15.3 Å². The second-order valence-corrected chi connectivity index (χ2v) is 4.86. The Morgan fingerprint density at radius 2 is 2.18 bits per heavy atom. The van der Waals surface area contributed by atoms with Gasteiger partial charge in [-0.25, -0.2) is 9.97 Å². The minimum atomic E-state index is -0.471. The molecule has 1 fully saturated rings. The molecule has 7 heteroatoms. The van der Waals surface area contributed by atoms with Crippen LogP contribution in [0.4, 0.5) is 5.82 Å². The van der Waals surface area contributed by atoms with Crippen LogP contribution in [0.2, 0.25) is 10.2 Å². The highest BCUT2D eigenvalue weighted by Gasteiger charge is 2.43. The Morgan fingerprint density at radius 3 is 2.71 bits per heavy atom. The second kappa shape index (κ2) is 4.76. The van der Waals surface area contributed by atoms with Crippen LogP contribution >= 0.6 is 23.2 Å². The minimum Gasteiger partial charge on any atom is -0.329 e. The van der Waals surface area contributed by atoms with Crippen LogP contribution in [0.25, 0.3) is 0 Å². The van der Waals surface area contributed by atoms with Gasteiger partial charge in [-0.2, -0.15) is 0 Å². The zero-order chi connectivity index (χ0) is 12.5. The highest BCUT2D eigenvalue weighted by molar-refractivity contribution is 6.42. The number of carbonyl (C=O) groups excluding carboxylic acids is 1. The summed E-state index contributed by atoms with van der Waals surface area (Å²) in [4.78, 5) is 19.7. The number of hydrogen-bond acceptors (Lipinski definition) is 4. The first-order valence-corrected chi connectivity index (χ1v) is 6.02. The van der Waals surface area contributed by atoms with Gasteiger partial charge in [-0.1, -0.05) is 29.6 Å². The number of aromatic nitrogens is 2. The molecule has 1 aromatic rings. The zero-order valence-corrected chi connectivity index (χ0v) is 10.6. The van der Waals surface area contributed by atoms with Crippen LogP contribution < -0.4 is 11.1 Å². The summed E-state index contributed by atoms with van der Waals surface area (Å²) in [5.41, 5.74) is 5.17. The van der Waals surface area contributed by atoms with Crippen molar-refractivity contribution in [1.82, 2.24) is 9.97 Å². The first kappa shape index (κ1) is 12.5. The fraction of sp³-hybridized carbons (Fsp3) is 0.500. The highest BCUT2D eigenvalue weighted by atomic mass is 35.5. The van der Waals surface area contributed by atoms with Gasteiger partial charge in [0.2, 0.25) is 5.91 Å². The van der Waals surface area contributed by atoms with E-state index in [1.165, 1.54) is 6.33 Å². The first-order valence-electron chi connectivity index (χ1n) is 5.26. The smallest absolute Gasteiger partial charge is 0.233 e. The van der Waals surface area contributed by atoms with Crippen molar-refractivity contribution in [2.75, 3.05) is 11.9 Å². The number of nitrogens with one attached hydrogen (secondary N) is 1. The summed E-state index contributed by atoms with van der Waals surface area (Å²) in [5.74, 6) is 0.0827. The van der Waals surface area contributed by atoms with Crippen molar-refractivity contribution in [3.05, 3.63) is 16.5 Å². The number of carbonyl (C=O) groups is 1. The molecular formula is C10H12Cl2N4O. The van der Waals surface area contributed by atoms with Crippen molar-refractivity contribution in [3.63, 3.8) is 0 Å². The quantitative estimate of drug-likeness (QED) is 0.825. The number of anilines is 1. The van der Waals surface area contributed by atoms with Crippen molar-refractivity contribution < 1.29 is 4.79 Å². The van der Waals surface area contributed by atoms with Crippen molar-refractivity contribution in [1.29, 1.82) is 0 Å². The Kier molecular flexibility index (Phi) is 3.51. The Balaban J connectivity index is 2.16. The normalized spacial score (nSPS) is 17.4. The summed E-state index contributed by atoms with van der Waals surface area (Å²) < 4.78 is 0. The number of amides is 1. The molecule has 0 spiro atoms. The molecule has 0 aliphatic heterocycles. The fourth-order valence-electron chi connectivity index (χ4n) is 1.80. The summed E-state index contributed by atoms with van der Waals surface area (Å²) in [7, 11) is 0. The van der Waals surface area contributed by atoms with E-state index in [9.17, 15) is 4.79 Å². The molecule has 1 aliphatic carbocycles. The van der Waals surface area contributed by atoms with Crippen LogP contribution in [0.5, 0.6) is 0 Å². The molecule has 92 valence electrons. The fourth-order valence-corrected chi connectivity index (χ4v) is 2.08. The molecule has 0 saturated heterocycles. The first-order chi connectivity index (χ1) is 8.09. The predicted octanol–water partition coefficient (Wildman–Crippen LogP) is 1.85. The average Bonchev–Trinajstić information content (AvgIpc) is 2.24. The van der Waals surface area contributed by atoms with Gasteiger partial charge in [0.05, 0.1) is 5.41 Å². The number of rotatable bonds is 3. The largest absolute Gasteiger partial charge is 0.329 e. The number of nitrogens with two attached hydrogens (primary N) is 1. The molecule has 1 saturated carbocycles. The molecule has 17 heavy (non-hydrogen) atoms. The topological polar surface area (TPSA) is 80.9 Å². The molecule has 3 N–H and O–H groups in total. The van der Waals surface area contributed by atoms with Crippen LogP contribution in [-0.2, 0) is 4.79 Å². The molecule has 0 unspecified atom stereocenters. The van der Waals surface area contributed by atoms with Crippen LogP contribution in [0.15, 0.2) is 6.33 Å². The van der Waals surface area contributed by atoms with Crippen molar-refractivity contribution in [2.45, 2.75) is 19.3 Å². The standard InChI is InChI=1S/C10H12Cl2N4O/c11-6-7(12)14-5-15-8(6)16-9(17)10(4-13)2-1-3-10/h5H,1-4,13H2,(H,14,15,16,17). The maximum Gasteiger partial charge on any atom is 0.233 e. The lowest BCUT2D eigenvalue weighted by Gasteiger charge is -2.38. The lowest BCUT2D eigenvalue weighted by atomic mass is 9.68. The molecule has 1 heterocycles. The number of halogens is 2. The minimum absolute atomic E-state index is 0.118. The van der Waals surface area contributed by atoms with E-state index in [0.29, 0.717) is 6.54 Å². The lowest BCUT2D eigenvalue weighted by molar-refractivity contribution is -0.129. The molecule has 0 aromatic carbocycles. The molecule has 1 amide bonds. The van der Waals surface area contributed by atoms with Crippen molar-refractivity contribution in [3.8, 4) is 0 Å². The molecule has 0 bridgehead atoms. The third-order valence-corrected chi connectivity index (χ3v) is 3.90. The van der Waals surface area contributed by atoms with E-state index in [1.54, 1.807) is 0 Å². The van der Waals surface area contributed by atoms with E-state index in [1.807, 2.05) is 0 Å². The van der Waals surface area contributed by atoms with Crippen molar-refractivity contribution >= 4 is 34.9 Å². The van der Waals surface area contributed by atoms with Crippen LogP contribution in [0.1, 0.15) is 19.3 Å². The highest BCUT2D eigenvalue weighted by Crippen LogP contribution is 2.41. The van der Waals surface area contributed by atoms with Gasteiger partial charge in [-0.3, -0.25) is 4.79 Å². The van der Waals surface area contributed by atoms with Crippen LogP contribution in [0.3, 0.4) is 0 Å². The Labute approximate surface area is 109 Å². The van der Waals surface area contributed by atoms with Gasteiger partial charge < -0.3 is 11.1 Å². The summed E-state index contributed by atoms with van der Waals surface area (Å²) in [6.07, 6.45) is 3.86. The van der Waals surface area contributed by atoms with E-state index in [-0.39, 0.29) is 21.9 Å². The van der Waals surface area contributed by atoms with Crippen LogP contribution in [0, 0.1) is 5.41 Å². The Morgan fingerprint density at radius 1 is 1.47 bits per heavy atom. The third-order valence-electron chi connectivity index (χ3n) is 3.16. The molecule has 5 nitrogen and oxygen atoms in total. The lowest BCUT2D eigenvalue weighted by Crippen LogP contribution is -2.47. The summed E-state index contributed by atoms with van der Waals surface area (Å²) >= 11 is 11.6. The van der Waals surface area contributed by atoms with E-state index < -0.39 is 5.41 Å². The van der Waals surface area contributed by atoms with Gasteiger partial charge in [0.25, 0.3) is 0 Å². The zero-order valence-electron chi connectivity index (χ0n) is 9.04. The summed E-state index contributed by atoms with van der Waals surface area (Å²) in [6, 6.07) is 0. The number of nitrogens with zero attached hydrogens (tertiary/aromatic N) is 2. The predicted molar refractivity (Wildman–Crippen MR) is 66.0 cm³/mol. The van der Waals surface area contributed by atoms with Gasteiger partial charge in [0.1, 0.15) is 11.3 Å². The molecule has 0 radical (unpaired) electrons. The van der Waals surface area contributed by atoms with E-state index in [4.69, 9.17) is 28.9 Å². The Hall–Kier alpha value is -0.910. The molecule has 1 aliphatic rings. The maximum atomic E-state index is 12.1. The van der Waals surface area contributed by atoms with Crippen molar-refractivity contribution in [2.24, 2.45) is 11.1 Å². The van der Waals surface area contributed by atoms with Gasteiger partial charge in [0, 0.05) is 6.54 Å². The second-order valence-electron chi connectivity index (χ2n) is 4.12. The molecular weight excluding hydrogens is 263 g/mol. The molecule has 0 atom stereocenters. The monoisotopic (exact) mass is 274 g/mol. The molecule has 2 rings (SSSR count). The summed E-state index contributed by atoms with van der Waals surface area (Å²) in [5, 5.41) is 2.92.